The highest BCUT2D eigenvalue weighted by Crippen LogP contribution is 2.28. The first-order chi connectivity index (χ1) is 16.3. The molecule has 0 atom stereocenters. The molecule has 0 radical (unpaired) electrons. The van der Waals surface area contributed by atoms with Crippen LogP contribution in [0.25, 0.3) is 0 Å². The smallest absolute Gasteiger partial charge is 0.256 e. The molecule has 0 fully saturated rings. The summed E-state index contributed by atoms with van der Waals surface area (Å²) in [6.45, 7) is 8.73. The van der Waals surface area contributed by atoms with Gasteiger partial charge in [-0.1, -0.05) is 69.3 Å². The molecule has 3 nitrogen and oxygen atoms in total. The number of carbonyl (C=O) groups is 1. The van der Waals surface area contributed by atoms with Gasteiger partial charge in [0.2, 0.25) is 0 Å². The van der Waals surface area contributed by atoms with E-state index >= 15 is 0 Å². The van der Waals surface area contributed by atoms with Crippen LogP contribution < -0.4 is 5.32 Å². The predicted octanol–water partition coefficient (Wildman–Crippen LogP) is 6.76. The molecule has 1 aliphatic rings. The zero-order chi connectivity index (χ0) is 24.1. The van der Waals surface area contributed by atoms with E-state index in [1.165, 1.54) is 23.3 Å². The Hall–Kier alpha value is -3.14. The Morgan fingerprint density at radius 1 is 0.971 bits per heavy atom. The van der Waals surface area contributed by atoms with Crippen molar-refractivity contribution in [3.63, 3.8) is 0 Å². The second kappa shape index (κ2) is 10.4. The molecule has 1 N–H and O–H groups in total. The molecule has 4 rings (SSSR count). The largest absolute Gasteiger partial charge is 0.384 e. The molecular weight excluding hydrogens is 423 g/mol. The fourth-order valence-electron chi connectivity index (χ4n) is 4.57. The number of amides is 1. The van der Waals surface area contributed by atoms with Crippen molar-refractivity contribution in [1.82, 2.24) is 4.90 Å². The Morgan fingerprint density at radius 2 is 1.68 bits per heavy atom. The molecule has 1 heterocycles. The van der Waals surface area contributed by atoms with Crippen LogP contribution in [-0.4, -0.2) is 23.9 Å². The highest BCUT2D eigenvalue weighted by atomic mass is 19.1. The average molecular weight is 459 g/mol. The highest BCUT2D eigenvalue weighted by molar-refractivity contribution is 6.00. The van der Waals surface area contributed by atoms with Crippen LogP contribution in [0.5, 0.6) is 0 Å². The summed E-state index contributed by atoms with van der Waals surface area (Å²) in [7, 11) is 0. The summed E-state index contributed by atoms with van der Waals surface area (Å²) in [5, 5.41) is 3.46. The minimum absolute atomic E-state index is 0.0604. The number of aryl methyl sites for hydroxylation is 2. The van der Waals surface area contributed by atoms with Crippen molar-refractivity contribution in [3.05, 3.63) is 100 Å². The first-order valence-electron chi connectivity index (χ1n) is 12.3. The highest BCUT2D eigenvalue weighted by Gasteiger charge is 2.22. The molecule has 178 valence electrons. The molecule has 0 aliphatic carbocycles. The summed E-state index contributed by atoms with van der Waals surface area (Å²) in [6.07, 6.45) is 3.71. The summed E-state index contributed by atoms with van der Waals surface area (Å²) in [5.74, 6) is -0.161. The molecule has 1 aliphatic heterocycles. The molecule has 3 aromatic carbocycles. The minimum atomic E-state index is -0.222. The molecule has 0 spiro atoms. The summed E-state index contributed by atoms with van der Waals surface area (Å²) in [6, 6.07) is 21.3. The Labute approximate surface area is 203 Å². The number of hydrogen-bond acceptors (Lipinski definition) is 2. The van der Waals surface area contributed by atoms with Crippen LogP contribution >= 0.6 is 0 Å². The minimum Gasteiger partial charge on any atom is -0.384 e. The number of anilines is 1. The van der Waals surface area contributed by atoms with Crippen LogP contribution in [0.3, 0.4) is 0 Å². The van der Waals surface area contributed by atoms with Gasteiger partial charge in [0, 0.05) is 19.6 Å². The summed E-state index contributed by atoms with van der Waals surface area (Å²) >= 11 is 0. The quantitative estimate of drug-likeness (QED) is 0.424. The molecule has 4 heteroatoms. The maximum atomic E-state index is 13.8. The second-order valence-electron chi connectivity index (χ2n) is 10.3. The Morgan fingerprint density at radius 3 is 2.38 bits per heavy atom. The Balaban J connectivity index is 1.54. The normalized spacial score (nSPS) is 13.2. The lowest BCUT2D eigenvalue weighted by Gasteiger charge is -2.27. The lowest BCUT2D eigenvalue weighted by atomic mass is 9.87. The first-order valence-corrected chi connectivity index (χ1v) is 12.3. The lowest BCUT2D eigenvalue weighted by Crippen LogP contribution is -2.33. The summed E-state index contributed by atoms with van der Waals surface area (Å²) < 4.78 is 13.3. The number of fused-ring (bicyclic) bond motifs is 1. The average Bonchev–Trinajstić information content (AvgIpc) is 2.83. The number of rotatable bonds is 7. The van der Waals surface area contributed by atoms with Crippen molar-refractivity contribution in [1.29, 1.82) is 0 Å². The topological polar surface area (TPSA) is 32.3 Å². The number of halogens is 1. The van der Waals surface area contributed by atoms with Crippen LogP contribution in [0.4, 0.5) is 10.1 Å². The second-order valence-corrected chi connectivity index (χ2v) is 10.3. The predicted molar refractivity (Wildman–Crippen MR) is 138 cm³/mol. The van der Waals surface area contributed by atoms with Crippen molar-refractivity contribution in [2.45, 2.75) is 58.4 Å². The van der Waals surface area contributed by atoms with Gasteiger partial charge in [-0.3, -0.25) is 4.79 Å². The van der Waals surface area contributed by atoms with E-state index in [4.69, 9.17) is 0 Å². The van der Waals surface area contributed by atoms with Gasteiger partial charge in [-0.25, -0.2) is 4.39 Å². The van der Waals surface area contributed by atoms with Crippen molar-refractivity contribution in [2.75, 3.05) is 18.4 Å². The third-order valence-corrected chi connectivity index (χ3v) is 6.59. The molecule has 34 heavy (non-hydrogen) atoms. The van der Waals surface area contributed by atoms with E-state index in [2.05, 4.69) is 56.4 Å². The van der Waals surface area contributed by atoms with Crippen LogP contribution in [0, 0.1) is 5.82 Å². The van der Waals surface area contributed by atoms with E-state index < -0.39 is 0 Å². The van der Waals surface area contributed by atoms with Crippen LogP contribution in [-0.2, 0) is 24.8 Å². The van der Waals surface area contributed by atoms with Gasteiger partial charge in [0.1, 0.15) is 5.82 Å². The van der Waals surface area contributed by atoms with E-state index in [1.54, 1.807) is 0 Å². The molecule has 0 aromatic heterocycles. The van der Waals surface area contributed by atoms with Crippen LogP contribution in [0.1, 0.15) is 66.2 Å². The fraction of sp³-hybridized carbons (Fsp3) is 0.367. The number of hydrogen-bond donors (Lipinski definition) is 1. The number of carbonyl (C=O) groups excluding carboxylic acids is 1. The van der Waals surface area contributed by atoms with Crippen molar-refractivity contribution >= 4 is 11.6 Å². The van der Waals surface area contributed by atoms with E-state index in [0.717, 1.165) is 54.6 Å². The fourth-order valence-corrected chi connectivity index (χ4v) is 4.57. The van der Waals surface area contributed by atoms with E-state index in [1.807, 2.05) is 29.2 Å². The maximum absolute atomic E-state index is 13.8. The monoisotopic (exact) mass is 458 g/mol. The SMILES string of the molecule is CC(C)(C)c1ccc(CN(CCCc2ccc(F)cc2)C(=O)c2cccc3c2NCCC3)cc1. The third kappa shape index (κ3) is 5.85. The zero-order valence-corrected chi connectivity index (χ0v) is 20.5. The van der Waals surface area contributed by atoms with Gasteiger partial charge in [-0.15, -0.1) is 0 Å². The lowest BCUT2D eigenvalue weighted by molar-refractivity contribution is 0.0742. The molecule has 1 amide bonds. The maximum Gasteiger partial charge on any atom is 0.256 e. The molecular formula is C30H35FN2O. The Kier molecular flexibility index (Phi) is 7.35. The van der Waals surface area contributed by atoms with Gasteiger partial charge < -0.3 is 10.2 Å². The van der Waals surface area contributed by atoms with Crippen molar-refractivity contribution in [3.8, 4) is 0 Å². The van der Waals surface area contributed by atoms with Crippen LogP contribution in [0.2, 0.25) is 0 Å². The first kappa shape index (κ1) is 24.0. The molecule has 0 saturated heterocycles. The zero-order valence-electron chi connectivity index (χ0n) is 20.5. The van der Waals surface area contributed by atoms with Gasteiger partial charge in [0.25, 0.3) is 5.91 Å². The molecule has 0 unspecified atom stereocenters. The summed E-state index contributed by atoms with van der Waals surface area (Å²) in [4.78, 5) is 15.7. The van der Waals surface area contributed by atoms with E-state index in [-0.39, 0.29) is 17.1 Å². The molecule has 0 saturated carbocycles. The number of para-hydroxylation sites is 1. The van der Waals surface area contributed by atoms with Gasteiger partial charge in [-0.05, 0) is 71.6 Å². The molecule has 0 bridgehead atoms. The van der Waals surface area contributed by atoms with Gasteiger partial charge in [-0.2, -0.15) is 0 Å². The van der Waals surface area contributed by atoms with Crippen molar-refractivity contribution < 1.29 is 9.18 Å². The van der Waals surface area contributed by atoms with Crippen LogP contribution in [0.15, 0.2) is 66.7 Å². The van der Waals surface area contributed by atoms with E-state index in [0.29, 0.717) is 13.1 Å². The van der Waals surface area contributed by atoms with Crippen molar-refractivity contribution in [2.24, 2.45) is 0 Å². The van der Waals surface area contributed by atoms with E-state index in [9.17, 15) is 9.18 Å². The van der Waals surface area contributed by atoms with Gasteiger partial charge >= 0.3 is 0 Å². The number of benzene rings is 3. The summed E-state index contributed by atoms with van der Waals surface area (Å²) in [5.41, 5.74) is 6.56. The number of nitrogens with zero attached hydrogens (tertiary/aromatic N) is 1. The number of nitrogens with one attached hydrogen (secondary N) is 1. The molecule has 3 aromatic rings. The van der Waals surface area contributed by atoms with Gasteiger partial charge in [0.15, 0.2) is 0 Å². The Bertz CT molecular complexity index is 1110. The van der Waals surface area contributed by atoms with Gasteiger partial charge in [0.05, 0.1) is 11.3 Å². The standard InChI is InChI=1S/C30H35FN2O/c1-30(2,3)25-15-11-23(12-16-25)21-33(20-6-7-22-13-17-26(31)18-14-22)29(34)27-10-4-8-24-9-5-19-32-28(24)27/h4,8,10-18,32H,5-7,9,19-21H2,1-3H3. The third-order valence-electron chi connectivity index (χ3n) is 6.59.